The number of aromatic nitrogens is 2. The van der Waals surface area contributed by atoms with E-state index in [1.807, 2.05) is 25.1 Å². The molecular formula is C21H26N4O4S. The van der Waals surface area contributed by atoms with Crippen LogP contribution >= 0.6 is 11.3 Å². The summed E-state index contributed by atoms with van der Waals surface area (Å²) >= 11 is 1.47. The molecule has 0 atom stereocenters. The number of hydrogen-bond acceptors (Lipinski definition) is 7. The van der Waals surface area contributed by atoms with Gasteiger partial charge in [0.15, 0.2) is 5.82 Å². The molecule has 0 saturated heterocycles. The van der Waals surface area contributed by atoms with Gasteiger partial charge in [-0.05, 0) is 44.4 Å². The molecule has 2 amide bonds. The summed E-state index contributed by atoms with van der Waals surface area (Å²) in [4.78, 5) is 20.5. The number of ether oxygens (including phenoxy) is 2. The second-order valence-corrected chi connectivity index (χ2v) is 8.26. The van der Waals surface area contributed by atoms with Crippen LogP contribution in [0.25, 0.3) is 21.2 Å². The standard InChI is InChI=1S/C21H26N4O4S/c1-5-22-20(26)25-18-9-13-8-15(14-11-23-19(24-12-14)21(2,3)27)16(10-17(13)30-18)29-7-6-28-4/h8-12,27H,5-7H2,1-4H3,(H2,22,25,26). The van der Waals surface area contributed by atoms with Gasteiger partial charge in [0.05, 0.1) is 11.6 Å². The van der Waals surface area contributed by atoms with Crippen molar-refractivity contribution in [2.75, 3.05) is 32.2 Å². The SMILES string of the molecule is CCNC(=O)Nc1cc2cc(-c3cnc(C(C)(C)O)nc3)c(OCCOC)cc2s1. The molecule has 2 heterocycles. The molecule has 0 unspecified atom stereocenters. The minimum Gasteiger partial charge on any atom is -0.490 e. The Morgan fingerprint density at radius 3 is 2.57 bits per heavy atom. The number of anilines is 1. The van der Waals surface area contributed by atoms with Crippen molar-refractivity contribution in [2.24, 2.45) is 0 Å². The molecule has 0 aliphatic heterocycles. The first-order valence-corrected chi connectivity index (χ1v) is 10.4. The maximum Gasteiger partial charge on any atom is 0.319 e. The minimum atomic E-state index is -1.12. The third kappa shape index (κ3) is 5.24. The van der Waals surface area contributed by atoms with E-state index >= 15 is 0 Å². The first kappa shape index (κ1) is 21.9. The van der Waals surface area contributed by atoms with Crippen LogP contribution in [0.5, 0.6) is 5.75 Å². The molecule has 3 N–H and O–H groups in total. The first-order valence-electron chi connectivity index (χ1n) is 9.61. The number of methoxy groups -OCH3 is 1. The molecule has 8 nitrogen and oxygen atoms in total. The van der Waals surface area contributed by atoms with Gasteiger partial charge in [0.25, 0.3) is 0 Å². The fourth-order valence-electron chi connectivity index (χ4n) is 2.81. The monoisotopic (exact) mass is 430 g/mol. The summed E-state index contributed by atoms with van der Waals surface area (Å²) in [7, 11) is 1.62. The number of rotatable bonds is 8. The van der Waals surface area contributed by atoms with Gasteiger partial charge in [-0.1, -0.05) is 0 Å². The van der Waals surface area contributed by atoms with Gasteiger partial charge >= 0.3 is 6.03 Å². The Hall–Kier alpha value is -2.75. The van der Waals surface area contributed by atoms with Crippen molar-refractivity contribution in [2.45, 2.75) is 26.4 Å². The predicted molar refractivity (Wildman–Crippen MR) is 118 cm³/mol. The van der Waals surface area contributed by atoms with Crippen LogP contribution in [0.1, 0.15) is 26.6 Å². The van der Waals surface area contributed by atoms with Crippen LogP contribution in [0.15, 0.2) is 30.6 Å². The van der Waals surface area contributed by atoms with Gasteiger partial charge in [-0.25, -0.2) is 14.8 Å². The summed E-state index contributed by atoms with van der Waals surface area (Å²) in [6.07, 6.45) is 3.34. The van der Waals surface area contributed by atoms with Crippen molar-refractivity contribution in [3.63, 3.8) is 0 Å². The zero-order chi connectivity index (χ0) is 21.7. The zero-order valence-corrected chi connectivity index (χ0v) is 18.3. The van der Waals surface area contributed by atoms with E-state index in [1.54, 1.807) is 33.4 Å². The van der Waals surface area contributed by atoms with Crippen LogP contribution in [0.4, 0.5) is 9.80 Å². The number of carbonyl (C=O) groups is 1. The molecule has 0 spiro atoms. The van der Waals surface area contributed by atoms with Crippen LogP contribution in [0.2, 0.25) is 0 Å². The Labute approximate surface area is 179 Å². The summed E-state index contributed by atoms with van der Waals surface area (Å²) in [5, 5.41) is 17.4. The molecule has 0 aliphatic rings. The zero-order valence-electron chi connectivity index (χ0n) is 17.5. The van der Waals surface area contributed by atoms with E-state index in [1.165, 1.54) is 11.3 Å². The summed E-state index contributed by atoms with van der Waals surface area (Å²) in [5.41, 5.74) is 0.470. The van der Waals surface area contributed by atoms with Gasteiger partial charge in [-0.2, -0.15) is 0 Å². The fourth-order valence-corrected chi connectivity index (χ4v) is 3.78. The molecule has 160 valence electrons. The van der Waals surface area contributed by atoms with E-state index in [2.05, 4.69) is 20.6 Å². The molecule has 0 bridgehead atoms. The van der Waals surface area contributed by atoms with Gasteiger partial charge in [0, 0.05) is 41.9 Å². The number of fused-ring (bicyclic) bond motifs is 1. The Kier molecular flexibility index (Phi) is 6.86. The van der Waals surface area contributed by atoms with Crippen molar-refractivity contribution in [3.8, 4) is 16.9 Å². The van der Waals surface area contributed by atoms with Crippen molar-refractivity contribution in [1.29, 1.82) is 0 Å². The molecule has 0 saturated carbocycles. The third-order valence-electron chi connectivity index (χ3n) is 4.25. The number of hydrogen-bond donors (Lipinski definition) is 3. The van der Waals surface area contributed by atoms with Crippen molar-refractivity contribution in [3.05, 3.63) is 36.4 Å². The second kappa shape index (κ2) is 9.38. The molecular weight excluding hydrogens is 404 g/mol. The van der Waals surface area contributed by atoms with E-state index in [9.17, 15) is 9.90 Å². The van der Waals surface area contributed by atoms with Crippen molar-refractivity contribution < 1.29 is 19.4 Å². The number of amides is 2. The number of aliphatic hydroxyl groups is 1. The smallest absolute Gasteiger partial charge is 0.319 e. The molecule has 3 aromatic rings. The Morgan fingerprint density at radius 1 is 1.20 bits per heavy atom. The first-order chi connectivity index (χ1) is 14.3. The van der Waals surface area contributed by atoms with Gasteiger partial charge in [0.1, 0.15) is 18.0 Å². The van der Waals surface area contributed by atoms with Crippen LogP contribution in [0.3, 0.4) is 0 Å². The number of carbonyl (C=O) groups excluding carboxylic acids is 1. The number of thiophene rings is 1. The highest BCUT2D eigenvalue weighted by Gasteiger charge is 2.20. The lowest BCUT2D eigenvalue weighted by atomic mass is 10.0. The Morgan fingerprint density at radius 2 is 1.93 bits per heavy atom. The summed E-state index contributed by atoms with van der Waals surface area (Å²) < 4.78 is 12.0. The lowest BCUT2D eigenvalue weighted by Crippen LogP contribution is -2.27. The fraction of sp³-hybridized carbons (Fsp3) is 0.381. The average Bonchev–Trinajstić information content (AvgIpc) is 3.08. The topological polar surface area (TPSA) is 106 Å². The van der Waals surface area contributed by atoms with Crippen LogP contribution in [0, 0.1) is 0 Å². The average molecular weight is 431 g/mol. The molecule has 30 heavy (non-hydrogen) atoms. The summed E-state index contributed by atoms with van der Waals surface area (Å²) in [6, 6.07) is 5.61. The van der Waals surface area contributed by atoms with Crippen LogP contribution in [-0.4, -0.2) is 48.0 Å². The summed E-state index contributed by atoms with van der Waals surface area (Å²) in [5.74, 6) is 1.02. The van der Waals surface area contributed by atoms with Gasteiger partial charge in [0.2, 0.25) is 0 Å². The molecule has 1 aromatic carbocycles. The molecule has 0 radical (unpaired) electrons. The van der Waals surface area contributed by atoms with Gasteiger partial charge in [-0.3, -0.25) is 5.32 Å². The van der Waals surface area contributed by atoms with Gasteiger partial charge in [-0.15, -0.1) is 11.3 Å². The van der Waals surface area contributed by atoms with Crippen LogP contribution < -0.4 is 15.4 Å². The molecule has 0 aliphatic carbocycles. The van der Waals surface area contributed by atoms with Crippen LogP contribution in [-0.2, 0) is 10.3 Å². The number of nitrogens with one attached hydrogen (secondary N) is 2. The van der Waals surface area contributed by atoms with E-state index < -0.39 is 5.60 Å². The third-order valence-corrected chi connectivity index (χ3v) is 5.26. The number of urea groups is 1. The Balaban J connectivity index is 1.99. The highest BCUT2D eigenvalue weighted by molar-refractivity contribution is 7.23. The normalized spacial score (nSPS) is 11.5. The lowest BCUT2D eigenvalue weighted by Gasteiger charge is -2.16. The van der Waals surface area contributed by atoms with Crippen molar-refractivity contribution >= 4 is 32.5 Å². The lowest BCUT2D eigenvalue weighted by molar-refractivity contribution is 0.0687. The largest absolute Gasteiger partial charge is 0.490 e. The summed E-state index contributed by atoms with van der Waals surface area (Å²) in [6.45, 7) is 6.56. The van der Waals surface area contributed by atoms with E-state index in [0.29, 0.717) is 31.3 Å². The molecule has 3 rings (SSSR count). The molecule has 2 aromatic heterocycles. The maximum atomic E-state index is 11.8. The van der Waals surface area contributed by atoms with E-state index in [4.69, 9.17) is 9.47 Å². The highest BCUT2D eigenvalue weighted by Crippen LogP contribution is 2.39. The molecule has 9 heteroatoms. The van der Waals surface area contributed by atoms with E-state index in [0.717, 1.165) is 26.2 Å². The highest BCUT2D eigenvalue weighted by atomic mass is 32.1. The second-order valence-electron chi connectivity index (χ2n) is 7.18. The Bertz CT molecular complexity index is 1010. The quantitative estimate of drug-likeness (QED) is 0.470. The maximum absolute atomic E-state index is 11.8. The van der Waals surface area contributed by atoms with Gasteiger partial charge < -0.3 is 19.9 Å². The number of benzene rings is 1. The number of nitrogens with zero attached hydrogens (tertiary/aromatic N) is 2. The predicted octanol–water partition coefficient (Wildman–Crippen LogP) is 3.75. The van der Waals surface area contributed by atoms with Crippen molar-refractivity contribution in [1.82, 2.24) is 15.3 Å². The molecule has 0 fully saturated rings. The minimum absolute atomic E-state index is 0.239. The van der Waals surface area contributed by atoms with E-state index in [-0.39, 0.29) is 6.03 Å².